The number of hydrogen-bond donors (Lipinski definition) is 5. The minimum atomic E-state index is -0.408. The van der Waals surface area contributed by atoms with Gasteiger partial charge < -0.3 is 26.8 Å². The van der Waals surface area contributed by atoms with Crippen LogP contribution in [0.25, 0.3) is 54.7 Å². The second kappa shape index (κ2) is 14.7. The van der Waals surface area contributed by atoms with Gasteiger partial charge in [0, 0.05) is 28.5 Å². The molecule has 51 heavy (non-hydrogen) atoms. The van der Waals surface area contributed by atoms with Crippen LogP contribution in [-0.2, 0) is 0 Å². The van der Waals surface area contributed by atoms with Crippen molar-refractivity contribution in [3.8, 4) is 22.6 Å². The summed E-state index contributed by atoms with van der Waals surface area (Å²) in [5, 5.41) is 31.0. The molecule has 9 heteroatoms. The van der Waals surface area contributed by atoms with Gasteiger partial charge in [-0.15, -0.1) is 0 Å². The van der Waals surface area contributed by atoms with Crippen molar-refractivity contribution in [2.24, 2.45) is 0 Å². The van der Waals surface area contributed by atoms with E-state index in [9.17, 15) is 14.7 Å². The zero-order valence-corrected chi connectivity index (χ0v) is 27.6. The number of phenolic OH excluding ortho intramolecular Hbond substituents is 2. The number of Topliss-reactive ketones (excluding diaryl/α,β-unsaturated/α-hetero) is 2. The molecule has 0 atom stereocenters. The van der Waals surface area contributed by atoms with Crippen LogP contribution in [0.15, 0.2) is 133 Å². The van der Waals surface area contributed by atoms with Gasteiger partial charge in [-0.2, -0.15) is 0 Å². The van der Waals surface area contributed by atoms with Crippen LogP contribution < -0.4 is 11.5 Å². The lowest BCUT2D eigenvalue weighted by Crippen LogP contribution is -2.20. The number of aliphatic hydroxyl groups excluding tert-OH is 1. The summed E-state index contributed by atoms with van der Waals surface area (Å²) in [6.07, 6.45) is 0. The monoisotopic (exact) mass is 674 g/mol. The number of para-hydroxylation sites is 2. The van der Waals surface area contributed by atoms with Crippen LogP contribution in [0.3, 0.4) is 0 Å². The number of aliphatic hydroxyl groups is 1. The molecular weight excluding hydrogens is 640 g/mol. The average Bonchev–Trinajstić information content (AvgIpc) is 3.17. The Kier molecular flexibility index (Phi) is 9.83. The fourth-order valence-corrected chi connectivity index (χ4v) is 5.93. The van der Waals surface area contributed by atoms with Gasteiger partial charge in [-0.25, -0.2) is 9.97 Å². The number of hydrogen-bond acceptors (Lipinski definition) is 9. The highest BCUT2D eigenvalue weighted by atomic mass is 16.3. The predicted molar refractivity (Wildman–Crippen MR) is 204 cm³/mol. The summed E-state index contributed by atoms with van der Waals surface area (Å²) in [5.41, 5.74) is 17.0. The van der Waals surface area contributed by atoms with Crippen molar-refractivity contribution >= 4 is 66.6 Å². The standard InChI is InChI=1S/C20H12N2O.C14H8O2.C6H8N2O.C2H6O/c23-17-11-5-10-16-20(17)22-19-15-9-4-2-7-13(15)12-6-1-3-8-14(12)18(19)21-16;15-13-11-7-3-1-5-9(11)10-6-2-4-8-12(10)14(13)16;7-4-2-1-3-5(9)6(4)8;1-2-3/h1-11,23H;1-8H;1-3,9H,7-8H2;3H,2H2,1H3. The first-order chi connectivity index (χ1) is 24.7. The molecule has 1 aliphatic carbocycles. The van der Waals surface area contributed by atoms with Gasteiger partial charge in [0.2, 0.25) is 11.6 Å². The summed E-state index contributed by atoms with van der Waals surface area (Å²) in [6.45, 7) is 1.93. The smallest absolute Gasteiger partial charge is 0.234 e. The minimum absolute atomic E-state index is 0.0370. The lowest BCUT2D eigenvalue weighted by atomic mass is 9.84. The molecule has 0 unspecified atom stereocenters. The first-order valence-corrected chi connectivity index (χ1v) is 16.1. The molecule has 0 fully saturated rings. The van der Waals surface area contributed by atoms with E-state index in [4.69, 9.17) is 31.6 Å². The van der Waals surface area contributed by atoms with E-state index in [1.54, 1.807) is 55.5 Å². The van der Waals surface area contributed by atoms with Crippen molar-refractivity contribution in [3.63, 3.8) is 0 Å². The predicted octanol–water partition coefficient (Wildman–Crippen LogP) is 8.08. The van der Waals surface area contributed by atoms with E-state index in [-0.39, 0.29) is 23.8 Å². The summed E-state index contributed by atoms with van der Waals surface area (Å²) in [5.74, 6) is -0.618. The molecule has 1 heterocycles. The Hall–Kier alpha value is -6.84. The van der Waals surface area contributed by atoms with Gasteiger partial charge in [-0.05, 0) is 53.1 Å². The average molecular weight is 675 g/mol. The van der Waals surface area contributed by atoms with Gasteiger partial charge in [-0.3, -0.25) is 9.59 Å². The number of nitrogen functional groups attached to an aromatic ring is 2. The summed E-state index contributed by atoms with van der Waals surface area (Å²) in [6, 6.07) is 41.0. The third kappa shape index (κ3) is 6.61. The molecule has 0 amide bonds. The number of anilines is 2. The quantitative estimate of drug-likeness (QED) is 0.0350. The Bertz CT molecular complexity index is 2510. The van der Waals surface area contributed by atoms with Crippen LogP contribution in [-0.4, -0.2) is 43.5 Å². The maximum Gasteiger partial charge on any atom is 0.234 e. The van der Waals surface area contributed by atoms with E-state index < -0.39 is 11.6 Å². The molecule has 1 aromatic heterocycles. The third-order valence-corrected chi connectivity index (χ3v) is 8.28. The molecule has 8 aromatic rings. The molecule has 252 valence electrons. The Morgan fingerprint density at radius 3 is 1.39 bits per heavy atom. The van der Waals surface area contributed by atoms with E-state index in [0.29, 0.717) is 27.8 Å². The Labute approximate surface area is 293 Å². The number of aromatic nitrogens is 2. The van der Waals surface area contributed by atoms with Crippen molar-refractivity contribution < 1.29 is 24.9 Å². The molecule has 0 saturated heterocycles. The molecule has 0 saturated carbocycles. The van der Waals surface area contributed by atoms with Gasteiger partial charge in [0.25, 0.3) is 0 Å². The first kappa shape index (κ1) is 34.0. The number of rotatable bonds is 0. The Morgan fingerprint density at radius 1 is 0.490 bits per heavy atom. The molecule has 9 nitrogen and oxygen atoms in total. The van der Waals surface area contributed by atoms with Gasteiger partial charge in [0.05, 0.1) is 27.9 Å². The van der Waals surface area contributed by atoms with E-state index in [2.05, 4.69) is 24.3 Å². The second-order valence-electron chi connectivity index (χ2n) is 11.5. The van der Waals surface area contributed by atoms with Crippen LogP contribution in [0.1, 0.15) is 27.6 Å². The van der Waals surface area contributed by atoms with Gasteiger partial charge in [-0.1, -0.05) is 109 Å². The summed E-state index contributed by atoms with van der Waals surface area (Å²) in [4.78, 5) is 33.2. The van der Waals surface area contributed by atoms with E-state index in [1.807, 2.05) is 54.6 Å². The number of aromatic hydroxyl groups is 2. The SMILES string of the molecule is CCO.Nc1cccc(O)c1N.O=C1C(=O)c2ccccc2-c2ccccc21.Oc1cccc2nc3c4ccccc4c4ccccc4c3nc12. The van der Waals surface area contributed by atoms with Crippen LogP contribution in [0.5, 0.6) is 11.5 Å². The molecule has 7 N–H and O–H groups in total. The second-order valence-corrected chi connectivity index (χ2v) is 11.5. The number of ketones is 2. The number of carbonyl (C=O) groups excluding carboxylic acids is 2. The third-order valence-electron chi connectivity index (χ3n) is 8.28. The normalized spacial score (nSPS) is 11.4. The lowest BCUT2D eigenvalue weighted by Gasteiger charge is -2.16. The zero-order valence-electron chi connectivity index (χ0n) is 27.6. The van der Waals surface area contributed by atoms with Crippen molar-refractivity contribution in [3.05, 3.63) is 145 Å². The van der Waals surface area contributed by atoms with Crippen LogP contribution in [0, 0.1) is 0 Å². The number of nitrogens with zero attached hydrogens (tertiary/aromatic N) is 2. The minimum Gasteiger partial charge on any atom is -0.506 e. The summed E-state index contributed by atoms with van der Waals surface area (Å²) in [7, 11) is 0. The maximum atomic E-state index is 11.8. The van der Waals surface area contributed by atoms with Crippen molar-refractivity contribution in [2.75, 3.05) is 18.1 Å². The molecule has 0 spiro atoms. The van der Waals surface area contributed by atoms with Crippen molar-refractivity contribution in [2.45, 2.75) is 6.92 Å². The van der Waals surface area contributed by atoms with E-state index in [0.717, 1.165) is 38.3 Å². The fourth-order valence-electron chi connectivity index (χ4n) is 5.93. The highest BCUT2D eigenvalue weighted by Crippen LogP contribution is 2.35. The lowest BCUT2D eigenvalue weighted by molar-refractivity contribution is 0.0815. The largest absolute Gasteiger partial charge is 0.506 e. The van der Waals surface area contributed by atoms with Crippen molar-refractivity contribution in [1.82, 2.24) is 9.97 Å². The van der Waals surface area contributed by atoms with Crippen molar-refractivity contribution in [1.29, 1.82) is 0 Å². The molecule has 9 rings (SSSR count). The van der Waals surface area contributed by atoms with E-state index >= 15 is 0 Å². The maximum absolute atomic E-state index is 11.8. The zero-order chi connectivity index (χ0) is 36.1. The van der Waals surface area contributed by atoms with Crippen LogP contribution in [0.4, 0.5) is 11.4 Å². The van der Waals surface area contributed by atoms with Gasteiger partial charge in [0.1, 0.15) is 17.0 Å². The molecule has 7 aromatic carbocycles. The first-order valence-electron chi connectivity index (χ1n) is 16.1. The number of fused-ring (bicyclic) bond motifs is 10. The molecule has 0 bridgehead atoms. The highest BCUT2D eigenvalue weighted by molar-refractivity contribution is 6.53. The highest BCUT2D eigenvalue weighted by Gasteiger charge is 2.29. The number of phenols is 2. The number of benzene rings is 7. The fraction of sp³-hybridized carbons (Fsp3) is 0.0476. The number of carbonyl (C=O) groups is 2. The van der Waals surface area contributed by atoms with Gasteiger partial charge in [0.15, 0.2) is 0 Å². The summed E-state index contributed by atoms with van der Waals surface area (Å²) >= 11 is 0. The molecule has 0 aliphatic heterocycles. The molecular formula is C42H34N4O5. The summed E-state index contributed by atoms with van der Waals surface area (Å²) < 4.78 is 0. The Balaban J connectivity index is 0.000000139. The van der Waals surface area contributed by atoms with Crippen LogP contribution >= 0.6 is 0 Å². The topological polar surface area (TPSA) is 173 Å². The molecule has 0 radical (unpaired) electrons. The van der Waals surface area contributed by atoms with Gasteiger partial charge >= 0.3 is 0 Å². The Morgan fingerprint density at radius 2 is 0.902 bits per heavy atom. The number of nitrogens with two attached hydrogens (primary N) is 2. The molecule has 1 aliphatic rings. The van der Waals surface area contributed by atoms with E-state index in [1.165, 1.54) is 11.5 Å². The van der Waals surface area contributed by atoms with Crippen LogP contribution in [0.2, 0.25) is 0 Å².